The minimum Gasteiger partial charge on any atom is -0.309 e. The fourth-order valence-electron chi connectivity index (χ4n) is 9.32. The van der Waals surface area contributed by atoms with Gasteiger partial charge in [-0.3, -0.25) is 0 Å². The molecule has 0 saturated heterocycles. The van der Waals surface area contributed by atoms with Gasteiger partial charge in [-0.05, 0) is 146 Å². The van der Waals surface area contributed by atoms with Gasteiger partial charge >= 0.3 is 0 Å². The summed E-state index contributed by atoms with van der Waals surface area (Å²) < 4.78 is 2.42. The van der Waals surface area contributed by atoms with Gasteiger partial charge in [0.25, 0.3) is 0 Å². The molecule has 0 unspecified atom stereocenters. The van der Waals surface area contributed by atoms with Gasteiger partial charge in [-0.25, -0.2) is 4.98 Å². The maximum absolute atomic E-state index is 5.43. The third-order valence-corrected chi connectivity index (χ3v) is 12.9. The van der Waals surface area contributed by atoms with Crippen molar-refractivity contribution >= 4 is 21.8 Å². The van der Waals surface area contributed by atoms with Crippen molar-refractivity contribution in [2.45, 2.75) is 26.7 Å². The van der Waals surface area contributed by atoms with Crippen LogP contribution < -0.4 is 0 Å². The zero-order valence-electron chi connectivity index (χ0n) is 36.7. The summed E-state index contributed by atoms with van der Waals surface area (Å²) in [4.78, 5) is 5.43. The normalized spacial score (nSPS) is 11.4. The van der Waals surface area contributed by atoms with Crippen LogP contribution in [0.1, 0.15) is 25.0 Å². The molecule has 11 aromatic rings. The van der Waals surface area contributed by atoms with Gasteiger partial charge in [0, 0.05) is 27.6 Å². The number of hydrogen-bond donors (Lipinski definition) is 0. The summed E-state index contributed by atoms with van der Waals surface area (Å²) >= 11 is 0. The van der Waals surface area contributed by atoms with Crippen LogP contribution >= 0.6 is 0 Å². The van der Waals surface area contributed by atoms with E-state index in [1.54, 1.807) is 0 Å². The number of rotatable bonds is 10. The van der Waals surface area contributed by atoms with Crippen LogP contribution in [0.4, 0.5) is 0 Å². The van der Waals surface area contributed by atoms with Crippen molar-refractivity contribution < 1.29 is 0 Å². The summed E-state index contributed by atoms with van der Waals surface area (Å²) in [5.74, 6) is 0. The fourth-order valence-corrected chi connectivity index (χ4v) is 9.32. The summed E-state index contributed by atoms with van der Waals surface area (Å²) in [5, 5.41) is 2.45. The molecule has 65 heavy (non-hydrogen) atoms. The Hall–Kier alpha value is -8.07. The van der Waals surface area contributed by atoms with Gasteiger partial charge in [0.15, 0.2) is 0 Å². The van der Waals surface area contributed by atoms with E-state index in [0.717, 1.165) is 63.2 Å². The lowest BCUT2D eigenvalue weighted by Gasteiger charge is -2.15. The Labute approximate surface area is 381 Å². The molecule has 9 aromatic carbocycles. The Morgan fingerprint density at radius 2 is 0.677 bits per heavy atom. The predicted molar refractivity (Wildman–Crippen MR) is 275 cm³/mol. The quantitative estimate of drug-likeness (QED) is 0.134. The molecule has 2 heteroatoms. The average Bonchev–Trinajstić information content (AvgIpc) is 3.72. The molecule has 310 valence electrons. The molecule has 0 aliphatic carbocycles. The fraction of sp³-hybridized carbons (Fsp3) is 0.0635. The Balaban J connectivity index is 1.09. The third kappa shape index (κ3) is 7.85. The lowest BCUT2D eigenvalue weighted by molar-refractivity contribution is 1.14. The van der Waals surface area contributed by atoms with E-state index in [1.165, 1.54) is 66.4 Å². The monoisotopic (exact) mass is 832 g/mol. The summed E-state index contributed by atoms with van der Waals surface area (Å²) in [7, 11) is 0. The van der Waals surface area contributed by atoms with Crippen molar-refractivity contribution in [3.63, 3.8) is 0 Å². The van der Waals surface area contributed by atoms with Crippen molar-refractivity contribution in [3.05, 3.63) is 242 Å². The number of aromatic nitrogens is 2. The van der Waals surface area contributed by atoms with E-state index in [4.69, 9.17) is 4.98 Å². The van der Waals surface area contributed by atoms with Crippen LogP contribution in [-0.2, 0) is 12.8 Å². The number of pyridine rings is 1. The minimum absolute atomic E-state index is 0.924. The van der Waals surface area contributed by atoms with Crippen LogP contribution in [-0.4, -0.2) is 9.55 Å². The highest BCUT2D eigenvalue weighted by Gasteiger charge is 2.17. The maximum Gasteiger partial charge on any atom is 0.0716 e. The maximum atomic E-state index is 5.43. The molecule has 0 aliphatic rings. The number of nitrogens with zero attached hydrogens (tertiary/aromatic N) is 2. The molecule has 2 heterocycles. The zero-order valence-corrected chi connectivity index (χ0v) is 36.7. The third-order valence-electron chi connectivity index (χ3n) is 12.9. The molecular formula is C63H48N2. The van der Waals surface area contributed by atoms with Gasteiger partial charge in [0.2, 0.25) is 0 Å². The largest absolute Gasteiger partial charge is 0.309 e. The van der Waals surface area contributed by atoms with E-state index >= 15 is 0 Å². The Morgan fingerprint density at radius 1 is 0.292 bits per heavy atom. The average molecular weight is 833 g/mol. The van der Waals surface area contributed by atoms with Crippen LogP contribution in [0.2, 0.25) is 0 Å². The van der Waals surface area contributed by atoms with E-state index in [0.29, 0.717) is 0 Å². The van der Waals surface area contributed by atoms with Crippen molar-refractivity contribution in [2.24, 2.45) is 0 Å². The first kappa shape index (κ1) is 39.8. The molecule has 0 aliphatic heterocycles. The van der Waals surface area contributed by atoms with Crippen LogP contribution in [0, 0.1) is 0 Å². The first-order chi connectivity index (χ1) is 32.1. The first-order valence-electron chi connectivity index (χ1n) is 22.8. The van der Waals surface area contributed by atoms with Gasteiger partial charge in [-0.1, -0.05) is 178 Å². The highest BCUT2D eigenvalue weighted by Crippen LogP contribution is 2.40. The second kappa shape index (κ2) is 17.2. The molecule has 0 spiro atoms. The Kier molecular flexibility index (Phi) is 10.5. The zero-order chi connectivity index (χ0) is 43.7. The van der Waals surface area contributed by atoms with Gasteiger partial charge in [-0.15, -0.1) is 0 Å². The van der Waals surface area contributed by atoms with E-state index in [-0.39, 0.29) is 0 Å². The minimum atomic E-state index is 0.924. The SMILES string of the molecule is CCc1ccc(-c2cc(-c3ccc(CC)cc3)cc(-c3cc(-c4ccccc4)nc(-c4cccc(-n5c6ccc(-c7ccccc7)cc6c6cc(-c7ccccc7)ccc65)c4)c3)c2)cc1. The van der Waals surface area contributed by atoms with Crippen molar-refractivity contribution in [2.75, 3.05) is 0 Å². The van der Waals surface area contributed by atoms with E-state index in [2.05, 4.69) is 249 Å². The van der Waals surface area contributed by atoms with Crippen LogP contribution in [0.15, 0.2) is 231 Å². The molecule has 0 N–H and O–H groups in total. The number of fused-ring (bicyclic) bond motifs is 3. The standard InChI is InChI=1S/C63H48N2/c1-3-43-23-27-47(28-24-43)53-35-54(48-29-25-44(4-2)26-30-48)37-55(36-53)56-41-60(49-19-12-7-13-20-49)64-61(42-56)52-21-14-22-57(38-52)65-62-33-31-50(45-15-8-5-9-16-45)39-58(62)59-40-51(32-34-63(59)65)46-17-10-6-11-18-46/h5-42H,3-4H2,1-2H3. The molecule has 2 nitrogen and oxygen atoms in total. The molecule has 0 radical (unpaired) electrons. The molecule has 0 amide bonds. The molecule has 0 saturated carbocycles. The lowest BCUT2D eigenvalue weighted by Crippen LogP contribution is -1.96. The highest BCUT2D eigenvalue weighted by molar-refractivity contribution is 6.11. The summed E-state index contributed by atoms with van der Waals surface area (Å²) in [6, 6.07) is 84.3. The molecule has 0 bridgehead atoms. The Morgan fingerprint density at radius 3 is 1.15 bits per heavy atom. The van der Waals surface area contributed by atoms with E-state index in [9.17, 15) is 0 Å². The lowest BCUT2D eigenvalue weighted by atomic mass is 9.91. The van der Waals surface area contributed by atoms with Crippen LogP contribution in [0.5, 0.6) is 0 Å². The molecule has 2 aromatic heterocycles. The highest BCUT2D eigenvalue weighted by atomic mass is 15.0. The molecular weight excluding hydrogens is 785 g/mol. The van der Waals surface area contributed by atoms with Crippen LogP contribution in [0.3, 0.4) is 0 Å². The van der Waals surface area contributed by atoms with E-state index < -0.39 is 0 Å². The summed E-state index contributed by atoms with van der Waals surface area (Å²) in [5.41, 5.74) is 22.0. The number of aryl methyl sites for hydroxylation is 2. The summed E-state index contributed by atoms with van der Waals surface area (Å²) in [6.45, 7) is 4.42. The second-order valence-corrected chi connectivity index (χ2v) is 17.0. The molecule has 0 fully saturated rings. The van der Waals surface area contributed by atoms with Gasteiger partial charge in [0.1, 0.15) is 0 Å². The second-order valence-electron chi connectivity index (χ2n) is 17.0. The van der Waals surface area contributed by atoms with Gasteiger partial charge in [0.05, 0.1) is 22.4 Å². The van der Waals surface area contributed by atoms with Crippen LogP contribution in [0.25, 0.3) is 106 Å². The molecule has 0 atom stereocenters. The molecule has 11 rings (SSSR count). The number of hydrogen-bond acceptors (Lipinski definition) is 1. The topological polar surface area (TPSA) is 17.8 Å². The smallest absolute Gasteiger partial charge is 0.0716 e. The van der Waals surface area contributed by atoms with Crippen molar-refractivity contribution in [1.82, 2.24) is 9.55 Å². The van der Waals surface area contributed by atoms with Crippen molar-refractivity contribution in [1.29, 1.82) is 0 Å². The van der Waals surface area contributed by atoms with Gasteiger partial charge in [-0.2, -0.15) is 0 Å². The van der Waals surface area contributed by atoms with Gasteiger partial charge < -0.3 is 4.57 Å². The summed E-state index contributed by atoms with van der Waals surface area (Å²) in [6.07, 6.45) is 2.03. The van der Waals surface area contributed by atoms with Crippen molar-refractivity contribution in [3.8, 4) is 83.8 Å². The first-order valence-corrected chi connectivity index (χ1v) is 22.8. The predicted octanol–water partition coefficient (Wildman–Crippen LogP) is 17.0. The van der Waals surface area contributed by atoms with E-state index in [1.807, 2.05) is 0 Å². The number of benzene rings is 9. The Bertz CT molecular complexity index is 3290.